The van der Waals surface area contributed by atoms with Crippen LogP contribution in [0.4, 0.5) is 4.79 Å². The molecule has 0 unspecified atom stereocenters. The fourth-order valence-electron chi connectivity index (χ4n) is 5.25. The van der Waals surface area contributed by atoms with E-state index < -0.39 is 11.7 Å². The number of methoxy groups -OCH3 is 1. The van der Waals surface area contributed by atoms with Gasteiger partial charge in [0.25, 0.3) is 5.91 Å². The lowest BCUT2D eigenvalue weighted by molar-refractivity contribution is 0.0470. The molecule has 0 bridgehead atoms. The van der Waals surface area contributed by atoms with Gasteiger partial charge in [-0.3, -0.25) is 4.79 Å². The SMILES string of the molecule is COc1nc(C)cc2c1CNC(=O)c1cc(Cl)cc(O[C@H]3CC[C@H](NC(=O)OC(C)(C)C)CC3)c1C/C=C/CC2. The first-order valence-corrected chi connectivity index (χ1v) is 14.4. The van der Waals surface area contributed by atoms with Crippen LogP contribution >= 0.6 is 11.6 Å². The number of ether oxygens (including phenoxy) is 3. The lowest BCUT2D eigenvalue weighted by atomic mass is 9.92. The molecule has 2 N–H and O–H groups in total. The number of hydrogen-bond acceptors (Lipinski definition) is 6. The Morgan fingerprint density at radius 1 is 1.10 bits per heavy atom. The second-order valence-electron chi connectivity index (χ2n) is 11.5. The molecule has 8 nitrogen and oxygen atoms in total. The zero-order valence-electron chi connectivity index (χ0n) is 24.1. The van der Waals surface area contributed by atoms with Crippen molar-refractivity contribution in [2.75, 3.05) is 7.11 Å². The highest BCUT2D eigenvalue weighted by molar-refractivity contribution is 6.31. The fourth-order valence-corrected chi connectivity index (χ4v) is 5.46. The van der Waals surface area contributed by atoms with Gasteiger partial charge in [-0.25, -0.2) is 9.78 Å². The zero-order valence-corrected chi connectivity index (χ0v) is 24.8. The number of rotatable bonds is 4. The molecule has 0 atom stereocenters. The average Bonchev–Trinajstić information content (AvgIpc) is 2.87. The summed E-state index contributed by atoms with van der Waals surface area (Å²) >= 11 is 6.50. The molecule has 2 aliphatic rings. The summed E-state index contributed by atoms with van der Waals surface area (Å²) in [4.78, 5) is 30.2. The molecule has 1 aliphatic carbocycles. The Morgan fingerprint density at radius 3 is 2.55 bits per heavy atom. The van der Waals surface area contributed by atoms with E-state index >= 15 is 0 Å². The van der Waals surface area contributed by atoms with Gasteiger partial charge in [-0.05, 0) is 96.4 Å². The number of aryl methyl sites for hydroxylation is 2. The first kappa shape index (κ1) is 29.7. The Hall–Kier alpha value is -3.26. The second-order valence-corrected chi connectivity index (χ2v) is 11.9. The Morgan fingerprint density at radius 2 is 1.85 bits per heavy atom. The number of fused-ring (bicyclic) bond motifs is 2. The molecule has 1 fully saturated rings. The number of aromatic nitrogens is 1. The van der Waals surface area contributed by atoms with Crippen LogP contribution in [0.5, 0.6) is 11.6 Å². The average molecular weight is 570 g/mol. The van der Waals surface area contributed by atoms with Gasteiger partial charge >= 0.3 is 6.09 Å². The van der Waals surface area contributed by atoms with Crippen LogP contribution in [0.3, 0.4) is 0 Å². The third kappa shape index (κ3) is 7.90. The standard InChI is InChI=1S/C31H40ClN3O5/c1-19-15-20-9-7-6-8-10-24-25(28(36)33-18-26(20)29(34-19)38-5)16-21(32)17-27(24)39-23-13-11-22(12-14-23)35-30(37)40-31(2,3)4/h6,8,15-17,22-23H,7,9-14,18H2,1-5H3,(H,33,36)(H,35,37)/b8-6+/t22-,23-. The molecule has 2 heterocycles. The Balaban J connectivity index is 1.50. The number of allylic oxidation sites excluding steroid dienone is 2. The molecule has 1 saturated carbocycles. The number of amides is 2. The van der Waals surface area contributed by atoms with Crippen LogP contribution in [0.25, 0.3) is 0 Å². The van der Waals surface area contributed by atoms with Crippen LogP contribution in [0.1, 0.15) is 85.6 Å². The normalized spacial score (nSPS) is 20.5. The van der Waals surface area contributed by atoms with E-state index in [1.165, 1.54) is 0 Å². The molecule has 0 radical (unpaired) electrons. The topological polar surface area (TPSA) is 98.8 Å². The molecular formula is C31H40ClN3O5. The highest BCUT2D eigenvalue weighted by atomic mass is 35.5. The van der Waals surface area contributed by atoms with E-state index in [0.717, 1.165) is 60.9 Å². The van der Waals surface area contributed by atoms with Crippen molar-refractivity contribution < 1.29 is 23.8 Å². The first-order chi connectivity index (χ1) is 19.0. The van der Waals surface area contributed by atoms with Crippen molar-refractivity contribution in [2.45, 2.75) is 96.9 Å². The van der Waals surface area contributed by atoms with Gasteiger partial charge < -0.3 is 24.8 Å². The highest BCUT2D eigenvalue weighted by Gasteiger charge is 2.27. The predicted octanol–water partition coefficient (Wildman–Crippen LogP) is 6.24. The van der Waals surface area contributed by atoms with Gasteiger partial charge in [0, 0.05) is 40.0 Å². The summed E-state index contributed by atoms with van der Waals surface area (Å²) in [6.07, 6.45) is 9.11. The molecule has 40 heavy (non-hydrogen) atoms. The lowest BCUT2D eigenvalue weighted by Crippen LogP contribution is -2.42. The quantitative estimate of drug-likeness (QED) is 0.423. The number of halogens is 1. The minimum atomic E-state index is -0.532. The van der Waals surface area contributed by atoms with Crippen LogP contribution < -0.4 is 20.1 Å². The van der Waals surface area contributed by atoms with Crippen molar-refractivity contribution >= 4 is 23.6 Å². The molecule has 1 aliphatic heterocycles. The third-order valence-electron chi connectivity index (χ3n) is 7.10. The molecule has 0 spiro atoms. The molecule has 2 aromatic rings. The summed E-state index contributed by atoms with van der Waals surface area (Å²) < 4.78 is 17.4. The van der Waals surface area contributed by atoms with Gasteiger partial charge in [0.05, 0.1) is 13.2 Å². The molecule has 1 aromatic heterocycles. The Labute approximate surface area is 241 Å². The monoisotopic (exact) mass is 569 g/mol. The number of nitrogens with zero attached hydrogens (tertiary/aromatic N) is 1. The van der Waals surface area contributed by atoms with Gasteiger partial charge in [-0.15, -0.1) is 0 Å². The smallest absolute Gasteiger partial charge is 0.407 e. The van der Waals surface area contributed by atoms with E-state index in [0.29, 0.717) is 35.2 Å². The van der Waals surface area contributed by atoms with Crippen molar-refractivity contribution in [2.24, 2.45) is 0 Å². The lowest BCUT2D eigenvalue weighted by Gasteiger charge is -2.31. The van der Waals surface area contributed by atoms with Gasteiger partial charge in [0.15, 0.2) is 0 Å². The number of alkyl carbamates (subject to hydrolysis) is 1. The summed E-state index contributed by atoms with van der Waals surface area (Å²) in [7, 11) is 1.60. The van der Waals surface area contributed by atoms with E-state index in [9.17, 15) is 9.59 Å². The molecule has 1 aromatic carbocycles. The molecule has 2 amide bonds. The third-order valence-corrected chi connectivity index (χ3v) is 7.32. The van der Waals surface area contributed by atoms with Crippen molar-refractivity contribution in [3.05, 3.63) is 63.3 Å². The predicted molar refractivity (Wildman–Crippen MR) is 155 cm³/mol. The number of carbonyl (C=O) groups excluding carboxylic acids is 2. The summed E-state index contributed by atoms with van der Waals surface area (Å²) in [5.74, 6) is 0.928. The maximum Gasteiger partial charge on any atom is 0.407 e. The number of carbonyl (C=O) groups is 2. The largest absolute Gasteiger partial charge is 0.490 e. The van der Waals surface area contributed by atoms with Crippen molar-refractivity contribution in [1.82, 2.24) is 15.6 Å². The minimum absolute atomic E-state index is 0.0430. The zero-order chi connectivity index (χ0) is 28.9. The Kier molecular flexibility index (Phi) is 9.61. The van der Waals surface area contributed by atoms with E-state index in [-0.39, 0.29) is 18.1 Å². The maximum absolute atomic E-state index is 13.5. The number of nitrogens with one attached hydrogen (secondary N) is 2. The van der Waals surface area contributed by atoms with Crippen LogP contribution in [0.15, 0.2) is 30.4 Å². The summed E-state index contributed by atoms with van der Waals surface area (Å²) in [6, 6.07) is 5.59. The summed E-state index contributed by atoms with van der Waals surface area (Å²) in [5, 5.41) is 6.46. The van der Waals surface area contributed by atoms with Gasteiger partial charge in [0.2, 0.25) is 5.88 Å². The number of pyridine rings is 1. The maximum atomic E-state index is 13.5. The number of benzene rings is 1. The van der Waals surface area contributed by atoms with Gasteiger partial charge in [-0.1, -0.05) is 23.8 Å². The van der Waals surface area contributed by atoms with E-state index in [1.54, 1.807) is 19.2 Å². The summed E-state index contributed by atoms with van der Waals surface area (Å²) in [6.45, 7) is 7.79. The Bertz CT molecular complexity index is 1260. The van der Waals surface area contributed by atoms with Crippen molar-refractivity contribution in [3.8, 4) is 11.6 Å². The minimum Gasteiger partial charge on any atom is -0.490 e. The van der Waals surface area contributed by atoms with Crippen LogP contribution in [0, 0.1) is 6.92 Å². The van der Waals surface area contributed by atoms with Gasteiger partial charge in [0.1, 0.15) is 11.4 Å². The van der Waals surface area contributed by atoms with E-state index in [4.69, 9.17) is 25.8 Å². The molecule has 4 rings (SSSR count). The van der Waals surface area contributed by atoms with Crippen LogP contribution in [-0.2, 0) is 24.1 Å². The van der Waals surface area contributed by atoms with Gasteiger partial charge in [-0.2, -0.15) is 0 Å². The van der Waals surface area contributed by atoms with Crippen molar-refractivity contribution in [3.63, 3.8) is 0 Å². The molecule has 9 heteroatoms. The molecule has 0 saturated heterocycles. The highest BCUT2D eigenvalue weighted by Crippen LogP contribution is 2.33. The van der Waals surface area contributed by atoms with Crippen LogP contribution in [-0.4, -0.2) is 41.8 Å². The second kappa shape index (κ2) is 12.9. The van der Waals surface area contributed by atoms with Crippen LogP contribution in [0.2, 0.25) is 5.02 Å². The number of hydrogen-bond donors (Lipinski definition) is 2. The summed E-state index contributed by atoms with van der Waals surface area (Å²) in [5.41, 5.74) is 3.65. The van der Waals surface area contributed by atoms with Crippen molar-refractivity contribution in [1.29, 1.82) is 0 Å². The fraction of sp³-hybridized carbons (Fsp3) is 0.516. The van der Waals surface area contributed by atoms with E-state index in [1.807, 2.05) is 27.7 Å². The van der Waals surface area contributed by atoms with E-state index in [2.05, 4.69) is 33.8 Å². The molecular weight excluding hydrogens is 530 g/mol. The molecule has 216 valence electrons. The first-order valence-electron chi connectivity index (χ1n) is 14.0.